The second kappa shape index (κ2) is 10.6. The van der Waals surface area contributed by atoms with E-state index in [2.05, 4.69) is 17.2 Å². The average molecular weight is 351 g/mol. The summed E-state index contributed by atoms with van der Waals surface area (Å²) in [6.07, 6.45) is 0.689. The van der Waals surface area contributed by atoms with Gasteiger partial charge in [-0.2, -0.15) is 0 Å². The molecule has 0 heterocycles. The number of aryl methyl sites for hydroxylation is 1. The van der Waals surface area contributed by atoms with Crippen LogP contribution in [-0.4, -0.2) is 23.7 Å². The number of benzene rings is 2. The van der Waals surface area contributed by atoms with Crippen LogP contribution in [0.4, 0.5) is 4.79 Å². The van der Waals surface area contributed by atoms with Crippen LogP contribution in [0.1, 0.15) is 29.5 Å². The molecule has 0 radical (unpaired) electrons. The Balaban J connectivity index is 1.65. The highest BCUT2D eigenvalue weighted by molar-refractivity contribution is 5.67. The van der Waals surface area contributed by atoms with Gasteiger partial charge in [0.2, 0.25) is 0 Å². The van der Waals surface area contributed by atoms with Gasteiger partial charge in [-0.1, -0.05) is 54.3 Å². The first kappa shape index (κ1) is 19.1. The molecule has 5 nitrogen and oxygen atoms in total. The van der Waals surface area contributed by atoms with Crippen molar-refractivity contribution in [1.82, 2.24) is 5.32 Å². The summed E-state index contributed by atoms with van der Waals surface area (Å²) < 4.78 is 5.11. The van der Waals surface area contributed by atoms with Crippen molar-refractivity contribution in [3.8, 4) is 11.8 Å². The Labute approximate surface area is 153 Å². The number of rotatable bonds is 7. The number of carboxylic acids is 1. The fourth-order valence-electron chi connectivity index (χ4n) is 2.17. The molecule has 0 unspecified atom stereocenters. The molecule has 0 aliphatic rings. The molecular formula is C21H21NO4. The normalized spacial score (nSPS) is 9.69. The average Bonchev–Trinajstić information content (AvgIpc) is 2.66. The van der Waals surface area contributed by atoms with E-state index in [-0.39, 0.29) is 13.0 Å². The lowest BCUT2D eigenvalue weighted by Crippen LogP contribution is -2.24. The highest BCUT2D eigenvalue weighted by Gasteiger charge is 2.01. The van der Waals surface area contributed by atoms with Gasteiger partial charge < -0.3 is 15.2 Å². The largest absolute Gasteiger partial charge is 0.481 e. The van der Waals surface area contributed by atoms with Crippen LogP contribution < -0.4 is 5.32 Å². The summed E-state index contributed by atoms with van der Waals surface area (Å²) in [6.45, 7) is 0.657. The smallest absolute Gasteiger partial charge is 0.407 e. The summed E-state index contributed by atoms with van der Waals surface area (Å²) in [5.74, 6) is 5.19. The van der Waals surface area contributed by atoms with Crippen LogP contribution in [-0.2, 0) is 22.6 Å². The standard InChI is InChI=1S/C21H21NO4/c23-20(24)14-13-18-11-9-17(10-12-18)6-4-5-15-22-21(25)26-16-19-7-2-1-3-8-19/h1-3,7-12H,5,13-16H2,(H,22,25)(H,23,24). The van der Waals surface area contributed by atoms with E-state index in [1.807, 2.05) is 54.6 Å². The summed E-state index contributed by atoms with van der Waals surface area (Å²) >= 11 is 0. The SMILES string of the molecule is O=C(O)CCc1ccc(C#CCCNC(=O)OCc2ccccc2)cc1. The number of carboxylic acid groups (broad SMARTS) is 1. The third-order valence-corrected chi connectivity index (χ3v) is 3.55. The van der Waals surface area contributed by atoms with E-state index in [0.29, 0.717) is 19.4 Å². The molecule has 0 atom stereocenters. The molecule has 2 rings (SSSR count). The van der Waals surface area contributed by atoms with Crippen molar-refractivity contribution in [1.29, 1.82) is 0 Å². The maximum absolute atomic E-state index is 11.6. The van der Waals surface area contributed by atoms with E-state index < -0.39 is 12.1 Å². The predicted molar refractivity (Wildman–Crippen MR) is 98.5 cm³/mol. The first-order valence-electron chi connectivity index (χ1n) is 8.37. The van der Waals surface area contributed by atoms with Gasteiger partial charge in [-0.3, -0.25) is 4.79 Å². The summed E-state index contributed by atoms with van der Waals surface area (Å²) in [6, 6.07) is 17.0. The Morgan fingerprint density at radius 2 is 1.73 bits per heavy atom. The Kier molecular flexibility index (Phi) is 7.75. The van der Waals surface area contributed by atoms with Crippen molar-refractivity contribution in [2.45, 2.75) is 25.9 Å². The van der Waals surface area contributed by atoms with Gasteiger partial charge in [-0.15, -0.1) is 0 Å². The lowest BCUT2D eigenvalue weighted by molar-refractivity contribution is -0.136. The molecule has 0 aromatic heterocycles. The van der Waals surface area contributed by atoms with Crippen molar-refractivity contribution < 1.29 is 19.4 Å². The van der Waals surface area contributed by atoms with Crippen molar-refractivity contribution in [3.05, 3.63) is 71.3 Å². The van der Waals surface area contributed by atoms with E-state index in [0.717, 1.165) is 16.7 Å². The number of alkyl carbamates (subject to hydrolysis) is 1. The second-order valence-corrected chi connectivity index (χ2v) is 5.63. The topological polar surface area (TPSA) is 75.6 Å². The van der Waals surface area contributed by atoms with Crippen LogP contribution in [0.5, 0.6) is 0 Å². The van der Waals surface area contributed by atoms with Crippen LogP contribution in [0, 0.1) is 11.8 Å². The zero-order chi connectivity index (χ0) is 18.6. The minimum atomic E-state index is -0.802. The van der Waals surface area contributed by atoms with Gasteiger partial charge in [-0.05, 0) is 29.7 Å². The number of carbonyl (C=O) groups is 2. The Hall–Kier alpha value is -3.26. The number of amides is 1. The highest BCUT2D eigenvalue weighted by Crippen LogP contribution is 2.06. The third kappa shape index (κ3) is 7.54. The number of ether oxygens (including phenoxy) is 1. The van der Waals surface area contributed by atoms with Crippen LogP contribution in [0.15, 0.2) is 54.6 Å². The van der Waals surface area contributed by atoms with Gasteiger partial charge in [-0.25, -0.2) is 4.79 Å². The van der Waals surface area contributed by atoms with Gasteiger partial charge in [0, 0.05) is 24.9 Å². The summed E-state index contributed by atoms with van der Waals surface area (Å²) in [5, 5.41) is 11.3. The molecule has 2 N–H and O–H groups in total. The van der Waals surface area contributed by atoms with Gasteiger partial charge in [0.15, 0.2) is 0 Å². The lowest BCUT2D eigenvalue weighted by atomic mass is 10.1. The van der Waals surface area contributed by atoms with E-state index in [9.17, 15) is 9.59 Å². The van der Waals surface area contributed by atoms with Crippen molar-refractivity contribution in [3.63, 3.8) is 0 Å². The minimum Gasteiger partial charge on any atom is -0.481 e. The van der Waals surface area contributed by atoms with Crippen molar-refractivity contribution in [2.24, 2.45) is 0 Å². The fraction of sp³-hybridized carbons (Fsp3) is 0.238. The monoisotopic (exact) mass is 351 g/mol. The molecule has 0 aliphatic carbocycles. The molecule has 26 heavy (non-hydrogen) atoms. The highest BCUT2D eigenvalue weighted by atomic mass is 16.5. The molecule has 2 aromatic rings. The maximum Gasteiger partial charge on any atom is 0.407 e. The zero-order valence-corrected chi connectivity index (χ0v) is 14.4. The lowest BCUT2D eigenvalue weighted by Gasteiger charge is -2.05. The van der Waals surface area contributed by atoms with Gasteiger partial charge >= 0.3 is 12.1 Å². The molecule has 0 spiro atoms. The van der Waals surface area contributed by atoms with E-state index in [1.54, 1.807) is 0 Å². The molecule has 0 aliphatic heterocycles. The number of hydrogen-bond acceptors (Lipinski definition) is 3. The molecule has 1 amide bonds. The van der Waals surface area contributed by atoms with E-state index >= 15 is 0 Å². The van der Waals surface area contributed by atoms with Gasteiger partial charge in [0.05, 0.1) is 0 Å². The minimum absolute atomic E-state index is 0.122. The Bertz CT molecular complexity index is 773. The second-order valence-electron chi connectivity index (χ2n) is 5.63. The molecule has 0 saturated heterocycles. The number of hydrogen-bond donors (Lipinski definition) is 2. The van der Waals surface area contributed by atoms with E-state index in [1.165, 1.54) is 0 Å². The zero-order valence-electron chi connectivity index (χ0n) is 14.4. The molecule has 2 aromatic carbocycles. The molecule has 0 fully saturated rings. The summed E-state index contributed by atoms with van der Waals surface area (Å²) in [7, 11) is 0. The number of carbonyl (C=O) groups excluding carboxylic acids is 1. The molecular weight excluding hydrogens is 330 g/mol. The number of nitrogens with one attached hydrogen (secondary N) is 1. The first-order valence-corrected chi connectivity index (χ1v) is 8.37. The predicted octanol–water partition coefficient (Wildman–Crippen LogP) is 3.37. The van der Waals surface area contributed by atoms with Crippen LogP contribution in [0.2, 0.25) is 0 Å². The van der Waals surface area contributed by atoms with Crippen molar-refractivity contribution in [2.75, 3.05) is 6.54 Å². The molecule has 0 bridgehead atoms. The summed E-state index contributed by atoms with van der Waals surface area (Å²) in [5.41, 5.74) is 2.77. The maximum atomic E-state index is 11.6. The molecule has 134 valence electrons. The Morgan fingerprint density at radius 1 is 1.00 bits per heavy atom. The first-order chi connectivity index (χ1) is 12.6. The quantitative estimate of drug-likeness (QED) is 0.592. The fourth-order valence-corrected chi connectivity index (χ4v) is 2.17. The molecule has 0 saturated carbocycles. The van der Waals surface area contributed by atoms with Crippen molar-refractivity contribution >= 4 is 12.1 Å². The number of aliphatic carboxylic acids is 1. The van der Waals surface area contributed by atoms with Crippen LogP contribution in [0.25, 0.3) is 0 Å². The van der Waals surface area contributed by atoms with Gasteiger partial charge in [0.1, 0.15) is 6.61 Å². The Morgan fingerprint density at radius 3 is 2.42 bits per heavy atom. The third-order valence-electron chi connectivity index (χ3n) is 3.55. The van der Waals surface area contributed by atoms with Crippen LogP contribution >= 0.6 is 0 Å². The molecule has 5 heteroatoms. The van der Waals surface area contributed by atoms with Crippen LogP contribution in [0.3, 0.4) is 0 Å². The van der Waals surface area contributed by atoms with E-state index in [4.69, 9.17) is 9.84 Å². The summed E-state index contributed by atoms with van der Waals surface area (Å²) in [4.78, 5) is 22.1. The van der Waals surface area contributed by atoms with Gasteiger partial charge in [0.25, 0.3) is 0 Å².